The average molecular weight is 387 g/mol. The van der Waals surface area contributed by atoms with Crippen molar-refractivity contribution in [1.29, 1.82) is 5.41 Å². The second kappa shape index (κ2) is 10.1. The molecule has 0 unspecified atom stereocenters. The van der Waals surface area contributed by atoms with E-state index in [0.717, 1.165) is 30.6 Å². The lowest BCUT2D eigenvalue weighted by atomic mass is 10.0. The van der Waals surface area contributed by atoms with Gasteiger partial charge in [0.05, 0.1) is 19.7 Å². The highest BCUT2D eigenvalue weighted by atomic mass is 32.1. The maximum Gasteiger partial charge on any atom is 0.414 e. The van der Waals surface area contributed by atoms with Crippen molar-refractivity contribution in [3.8, 4) is 11.5 Å². The van der Waals surface area contributed by atoms with Gasteiger partial charge in [0.1, 0.15) is 0 Å². The molecule has 0 fully saturated rings. The number of ether oxygens (including phenoxy) is 2. The molecule has 0 saturated carbocycles. The van der Waals surface area contributed by atoms with E-state index in [-0.39, 0.29) is 11.1 Å². The summed E-state index contributed by atoms with van der Waals surface area (Å²) < 4.78 is 11.3. The monoisotopic (exact) mass is 386 g/mol. The normalized spacial score (nSPS) is 11.6. The third-order valence-corrected chi connectivity index (χ3v) is 4.61. The van der Waals surface area contributed by atoms with Gasteiger partial charge in [-0.25, -0.2) is 0 Å². The maximum absolute atomic E-state index is 8.08. The van der Waals surface area contributed by atoms with Gasteiger partial charge in [-0.1, -0.05) is 37.3 Å². The Balaban J connectivity index is 2.16. The van der Waals surface area contributed by atoms with Crippen molar-refractivity contribution in [3.05, 3.63) is 59.2 Å². The first-order valence-electron chi connectivity index (χ1n) is 8.92. The number of nitrogens with zero attached hydrogens (tertiary/aromatic N) is 2. The summed E-state index contributed by atoms with van der Waals surface area (Å²) >= 11 is 3.36. The van der Waals surface area contributed by atoms with Gasteiger partial charge in [-0.3, -0.25) is 5.41 Å². The number of nitrogens with one attached hydrogen (secondary N) is 1. The molecule has 6 heteroatoms. The van der Waals surface area contributed by atoms with Crippen LogP contribution in [0.2, 0.25) is 0 Å². The van der Waals surface area contributed by atoms with Crippen molar-refractivity contribution < 1.29 is 9.47 Å². The van der Waals surface area contributed by atoms with E-state index in [1.165, 1.54) is 5.56 Å². The van der Waals surface area contributed by atoms with Gasteiger partial charge in [-0.05, 0) is 50.2 Å². The van der Waals surface area contributed by atoms with Gasteiger partial charge in [0.2, 0.25) is 0 Å². The van der Waals surface area contributed by atoms with Crippen molar-refractivity contribution in [2.24, 2.45) is 4.99 Å². The van der Waals surface area contributed by atoms with Gasteiger partial charge in [0, 0.05) is 12.1 Å². The van der Waals surface area contributed by atoms with Gasteiger partial charge in [0.25, 0.3) is 0 Å². The van der Waals surface area contributed by atoms with Crippen molar-refractivity contribution in [2.45, 2.75) is 20.3 Å². The fourth-order valence-corrected chi connectivity index (χ4v) is 2.79. The predicted molar refractivity (Wildman–Crippen MR) is 116 cm³/mol. The van der Waals surface area contributed by atoms with E-state index in [2.05, 4.69) is 43.4 Å². The minimum atomic E-state index is 0.121. The molecule has 0 amide bonds. The number of amidine groups is 1. The molecule has 0 bridgehead atoms. The lowest BCUT2D eigenvalue weighted by Crippen LogP contribution is -2.20. The van der Waals surface area contributed by atoms with Crippen molar-refractivity contribution in [1.82, 2.24) is 4.90 Å². The number of methoxy groups -OCH3 is 1. The molecule has 0 aromatic heterocycles. The maximum atomic E-state index is 8.08. The Labute approximate surface area is 166 Å². The van der Waals surface area contributed by atoms with Crippen LogP contribution in [0.1, 0.15) is 23.6 Å². The van der Waals surface area contributed by atoms with Gasteiger partial charge >= 0.3 is 5.23 Å². The molecule has 2 rings (SSSR count). The van der Waals surface area contributed by atoms with Crippen LogP contribution in [0, 0.1) is 12.3 Å². The molecule has 0 saturated heterocycles. The third kappa shape index (κ3) is 6.12. The first-order chi connectivity index (χ1) is 12.9. The number of aliphatic imine (C=N–C) groups is 1. The van der Waals surface area contributed by atoms with Crippen LogP contribution in [0.4, 0.5) is 0 Å². The van der Waals surface area contributed by atoms with E-state index in [4.69, 9.17) is 14.9 Å². The Morgan fingerprint density at radius 3 is 2.52 bits per heavy atom. The first-order valence-corrected chi connectivity index (χ1v) is 9.42. The molecule has 0 aliphatic rings. The van der Waals surface area contributed by atoms with Crippen molar-refractivity contribution in [2.75, 3.05) is 27.2 Å². The lowest BCUT2D eigenvalue weighted by molar-refractivity contribution is 0.356. The van der Waals surface area contributed by atoms with Crippen LogP contribution in [0.3, 0.4) is 0 Å². The highest BCUT2D eigenvalue weighted by molar-refractivity contribution is 7.77. The highest BCUT2D eigenvalue weighted by Gasteiger charge is 2.14. The van der Waals surface area contributed by atoms with E-state index in [0.29, 0.717) is 11.5 Å². The Bertz CT molecular complexity index is 807. The number of hydrogen-bond donors (Lipinski definition) is 1. The fourth-order valence-electron chi connectivity index (χ4n) is 2.57. The number of rotatable bonds is 7. The molecule has 0 spiro atoms. The fraction of sp³-hybridized carbons (Fsp3) is 0.333. The third-order valence-electron chi connectivity index (χ3n) is 4.39. The number of hydrogen-bond acceptors (Lipinski definition) is 4. The highest BCUT2D eigenvalue weighted by Crippen LogP contribution is 2.31. The molecule has 0 heterocycles. The molecule has 0 atom stereocenters. The molecule has 2 aromatic carbocycles. The Kier molecular flexibility index (Phi) is 7.88. The van der Waals surface area contributed by atoms with Crippen LogP contribution in [0.25, 0.3) is 0 Å². The largest absolute Gasteiger partial charge is 0.493 e. The molecule has 2 aromatic rings. The second-order valence-electron chi connectivity index (χ2n) is 6.31. The van der Waals surface area contributed by atoms with Gasteiger partial charge in [-0.15, -0.1) is 4.99 Å². The van der Waals surface area contributed by atoms with Crippen LogP contribution < -0.4 is 9.47 Å². The van der Waals surface area contributed by atoms with Gasteiger partial charge in [0.15, 0.2) is 17.3 Å². The van der Waals surface area contributed by atoms with Crippen LogP contribution in [0.15, 0.2) is 47.5 Å². The Morgan fingerprint density at radius 2 is 1.89 bits per heavy atom. The SMILES string of the molecule is CCN(C)CCc1cc(OC)c(OC([SH2+])=NC(=N)c2ccccc2)cc1C. The molecular weight excluding hydrogens is 358 g/mol. The Hall–Kier alpha value is -2.31. The van der Waals surface area contributed by atoms with Crippen molar-refractivity contribution >= 4 is 23.7 Å². The molecular formula is C21H28N3O2S+. The zero-order chi connectivity index (χ0) is 19.8. The number of benzene rings is 2. The van der Waals surface area contributed by atoms with Gasteiger partial charge in [-0.2, -0.15) is 0 Å². The lowest BCUT2D eigenvalue weighted by Gasteiger charge is -2.16. The molecule has 0 radical (unpaired) electrons. The number of likely N-dealkylation sites (N-methyl/N-ethyl adjacent to an activating group) is 1. The summed E-state index contributed by atoms with van der Waals surface area (Å²) in [7, 11) is 3.73. The standard InChI is InChI=1S/C21H27N3O2S/c1-5-24(3)12-11-17-14-18(25-4)19(13-15(17)2)26-21(27)23-20(22)16-9-7-6-8-10-16/h6-10,13-14H,5,11-12H2,1-4H3,(H2,22,23,27)/p+1. The first kappa shape index (κ1) is 21.0. The van der Waals surface area contributed by atoms with E-state index < -0.39 is 0 Å². The van der Waals surface area contributed by atoms with E-state index in [1.54, 1.807) is 7.11 Å². The average Bonchev–Trinajstić information content (AvgIpc) is 2.67. The van der Waals surface area contributed by atoms with Crippen LogP contribution in [-0.2, 0) is 19.0 Å². The van der Waals surface area contributed by atoms with E-state index >= 15 is 0 Å². The Morgan fingerprint density at radius 1 is 1.19 bits per heavy atom. The summed E-state index contributed by atoms with van der Waals surface area (Å²) in [6.45, 7) is 6.21. The molecule has 1 N–H and O–H groups in total. The smallest absolute Gasteiger partial charge is 0.414 e. The van der Waals surface area contributed by atoms with Crippen LogP contribution in [-0.4, -0.2) is 43.2 Å². The van der Waals surface area contributed by atoms with Crippen LogP contribution in [0.5, 0.6) is 11.5 Å². The second-order valence-corrected chi connectivity index (χ2v) is 6.74. The molecule has 27 heavy (non-hydrogen) atoms. The van der Waals surface area contributed by atoms with Crippen molar-refractivity contribution in [3.63, 3.8) is 0 Å². The summed E-state index contributed by atoms with van der Waals surface area (Å²) in [6, 6.07) is 13.3. The predicted octanol–water partition coefficient (Wildman–Crippen LogP) is 3.27. The van der Waals surface area contributed by atoms with Gasteiger partial charge < -0.3 is 14.4 Å². The topological polar surface area (TPSA) is 57.9 Å². The molecule has 0 aliphatic heterocycles. The zero-order valence-corrected chi connectivity index (χ0v) is 17.4. The number of aryl methyl sites for hydroxylation is 1. The summed E-state index contributed by atoms with van der Waals surface area (Å²) in [5.41, 5.74) is 3.08. The quantitative estimate of drug-likeness (QED) is 0.451. The van der Waals surface area contributed by atoms with E-state index in [1.807, 2.05) is 42.5 Å². The summed E-state index contributed by atoms with van der Waals surface area (Å²) in [5.74, 6) is 1.33. The molecule has 0 aliphatic carbocycles. The molecule has 144 valence electrons. The summed E-state index contributed by atoms with van der Waals surface area (Å²) in [6.07, 6.45) is 0.945. The summed E-state index contributed by atoms with van der Waals surface area (Å²) in [4.78, 5) is 6.44. The van der Waals surface area contributed by atoms with E-state index in [9.17, 15) is 0 Å². The minimum Gasteiger partial charge on any atom is -0.493 e. The zero-order valence-electron chi connectivity index (χ0n) is 16.4. The van der Waals surface area contributed by atoms with Crippen LogP contribution >= 0.6 is 0 Å². The minimum absolute atomic E-state index is 0.121. The molecule has 5 nitrogen and oxygen atoms in total. The summed E-state index contributed by atoms with van der Waals surface area (Å²) in [5, 5.41) is 8.29.